The molecule has 1 fully saturated rings. The minimum Gasteiger partial charge on any atom is -0.486 e. The number of likely N-dealkylation sites (N-methyl/N-ethyl adjacent to an activating group) is 1. The molecule has 0 atom stereocenters. The zero-order chi connectivity index (χ0) is 19.8. The van der Waals surface area contributed by atoms with Gasteiger partial charge < -0.3 is 29.9 Å². The van der Waals surface area contributed by atoms with E-state index in [1.54, 1.807) is 6.07 Å². The van der Waals surface area contributed by atoms with Crippen molar-refractivity contribution in [1.29, 1.82) is 0 Å². The maximum absolute atomic E-state index is 12.0. The van der Waals surface area contributed by atoms with Crippen LogP contribution in [0, 0.1) is 0 Å². The largest absolute Gasteiger partial charge is 0.486 e. The number of unbranched alkanes of at least 4 members (excludes halogenated alkanes) is 1. The molecule has 2 heterocycles. The summed E-state index contributed by atoms with van der Waals surface area (Å²) in [6, 6.07) is 3.50. The molecule has 8 heteroatoms. The molecular formula is C20H31ClN4O3. The van der Waals surface area contributed by atoms with E-state index in [4.69, 9.17) is 21.1 Å². The lowest BCUT2D eigenvalue weighted by molar-refractivity contribution is 0.135. The molecule has 1 aromatic carbocycles. The second-order valence-electron chi connectivity index (χ2n) is 7.19. The smallest absolute Gasteiger partial charge is 0.315 e. The van der Waals surface area contributed by atoms with Crippen molar-refractivity contribution in [2.24, 2.45) is 0 Å². The summed E-state index contributed by atoms with van der Waals surface area (Å²) < 4.78 is 11.1. The Hall–Kier alpha value is -1.70. The van der Waals surface area contributed by atoms with Crippen molar-refractivity contribution in [2.45, 2.75) is 26.3 Å². The molecule has 28 heavy (non-hydrogen) atoms. The van der Waals surface area contributed by atoms with Gasteiger partial charge in [0.2, 0.25) is 0 Å². The van der Waals surface area contributed by atoms with E-state index in [0.29, 0.717) is 42.8 Å². The van der Waals surface area contributed by atoms with Gasteiger partial charge in [0.05, 0.1) is 5.02 Å². The average molecular weight is 411 g/mol. The molecule has 1 aromatic rings. The van der Waals surface area contributed by atoms with Gasteiger partial charge in [-0.15, -0.1) is 0 Å². The number of ether oxygens (including phenoxy) is 2. The molecule has 2 aliphatic heterocycles. The highest BCUT2D eigenvalue weighted by Gasteiger charge is 2.17. The van der Waals surface area contributed by atoms with Gasteiger partial charge in [-0.2, -0.15) is 0 Å². The van der Waals surface area contributed by atoms with Gasteiger partial charge in [-0.3, -0.25) is 0 Å². The lowest BCUT2D eigenvalue weighted by Crippen LogP contribution is -2.46. The molecule has 0 aromatic heterocycles. The molecule has 0 aliphatic carbocycles. The van der Waals surface area contributed by atoms with Crippen molar-refractivity contribution >= 4 is 17.6 Å². The summed E-state index contributed by atoms with van der Waals surface area (Å²) in [6.07, 6.45) is 2.08. The number of carbonyl (C=O) groups excluding carboxylic acids is 1. The van der Waals surface area contributed by atoms with Crippen LogP contribution in [0.3, 0.4) is 0 Å². The van der Waals surface area contributed by atoms with E-state index in [1.165, 1.54) is 13.1 Å². The standard InChI is InChI=1S/C20H31ClN4O3/c1-2-24-7-9-25(10-8-24)6-4-3-5-22-20(26)23-15-16-13-17(21)19-18(14-16)27-11-12-28-19/h13-14H,2-12,15H2,1H3,(H2,22,23,26). The fourth-order valence-corrected chi connectivity index (χ4v) is 3.79. The molecule has 1 saturated heterocycles. The number of amides is 2. The third kappa shape index (κ3) is 6.15. The van der Waals surface area contributed by atoms with Crippen molar-refractivity contribution in [3.63, 3.8) is 0 Å². The normalized spacial score (nSPS) is 17.4. The lowest BCUT2D eigenvalue weighted by Gasteiger charge is -2.33. The average Bonchev–Trinajstić information content (AvgIpc) is 2.72. The first-order valence-corrected chi connectivity index (χ1v) is 10.6. The van der Waals surface area contributed by atoms with Crippen molar-refractivity contribution in [3.05, 3.63) is 22.7 Å². The van der Waals surface area contributed by atoms with Gasteiger partial charge in [0.1, 0.15) is 13.2 Å². The predicted octanol–water partition coefficient (Wildman–Crippen LogP) is 2.33. The molecule has 0 radical (unpaired) electrons. The van der Waals surface area contributed by atoms with Crippen LogP contribution in [0.15, 0.2) is 12.1 Å². The van der Waals surface area contributed by atoms with Gasteiger partial charge in [0.25, 0.3) is 0 Å². The van der Waals surface area contributed by atoms with Crippen LogP contribution in [0.25, 0.3) is 0 Å². The number of rotatable bonds is 8. The molecule has 0 saturated carbocycles. The molecule has 2 aliphatic rings. The Bertz CT molecular complexity index is 651. The van der Waals surface area contributed by atoms with E-state index in [0.717, 1.165) is 44.6 Å². The van der Waals surface area contributed by atoms with Gasteiger partial charge >= 0.3 is 6.03 Å². The van der Waals surface area contributed by atoms with E-state index < -0.39 is 0 Å². The Morgan fingerprint density at radius 2 is 1.82 bits per heavy atom. The van der Waals surface area contributed by atoms with Crippen molar-refractivity contribution in [3.8, 4) is 11.5 Å². The number of nitrogens with one attached hydrogen (secondary N) is 2. The highest BCUT2D eigenvalue weighted by Crippen LogP contribution is 2.38. The zero-order valence-electron chi connectivity index (χ0n) is 16.6. The number of urea groups is 1. The van der Waals surface area contributed by atoms with E-state index in [-0.39, 0.29) is 6.03 Å². The summed E-state index contributed by atoms with van der Waals surface area (Å²) in [6.45, 7) is 11.2. The van der Waals surface area contributed by atoms with Crippen LogP contribution in [-0.4, -0.2) is 74.9 Å². The Morgan fingerprint density at radius 3 is 2.61 bits per heavy atom. The predicted molar refractivity (Wildman–Crippen MR) is 110 cm³/mol. The monoisotopic (exact) mass is 410 g/mol. The number of halogens is 1. The Kier molecular flexibility index (Phi) is 8.06. The van der Waals surface area contributed by atoms with E-state index in [2.05, 4.69) is 27.4 Å². The van der Waals surface area contributed by atoms with Crippen molar-refractivity contribution < 1.29 is 14.3 Å². The number of nitrogens with zero attached hydrogens (tertiary/aromatic N) is 2. The summed E-state index contributed by atoms with van der Waals surface area (Å²) in [4.78, 5) is 17.0. The van der Waals surface area contributed by atoms with Gasteiger partial charge in [-0.05, 0) is 43.6 Å². The van der Waals surface area contributed by atoms with Crippen LogP contribution < -0.4 is 20.1 Å². The maximum Gasteiger partial charge on any atom is 0.315 e. The van der Waals surface area contributed by atoms with Gasteiger partial charge in [0.15, 0.2) is 11.5 Å². The third-order valence-corrected chi connectivity index (χ3v) is 5.49. The first-order chi connectivity index (χ1) is 13.7. The minimum absolute atomic E-state index is 0.164. The molecule has 2 N–H and O–H groups in total. The number of fused-ring (bicyclic) bond motifs is 1. The fourth-order valence-electron chi connectivity index (χ4n) is 3.50. The summed E-state index contributed by atoms with van der Waals surface area (Å²) in [7, 11) is 0. The number of carbonyl (C=O) groups is 1. The van der Waals surface area contributed by atoms with Crippen LogP contribution in [0.2, 0.25) is 5.02 Å². The minimum atomic E-state index is -0.164. The quantitative estimate of drug-likeness (QED) is 0.644. The lowest BCUT2D eigenvalue weighted by atomic mass is 10.2. The maximum atomic E-state index is 12.0. The fraction of sp³-hybridized carbons (Fsp3) is 0.650. The second kappa shape index (κ2) is 10.7. The molecule has 0 spiro atoms. The first kappa shape index (κ1) is 21.0. The number of benzene rings is 1. The highest BCUT2D eigenvalue weighted by molar-refractivity contribution is 6.32. The van der Waals surface area contributed by atoms with Crippen molar-refractivity contribution in [2.75, 3.05) is 59.0 Å². The van der Waals surface area contributed by atoms with Gasteiger partial charge in [-0.1, -0.05) is 18.5 Å². The zero-order valence-corrected chi connectivity index (χ0v) is 17.4. The number of piperazine rings is 1. The van der Waals surface area contributed by atoms with E-state index in [9.17, 15) is 4.79 Å². The Labute approximate surface area is 172 Å². The molecule has 156 valence electrons. The van der Waals surface area contributed by atoms with Crippen LogP contribution in [0.5, 0.6) is 11.5 Å². The molecule has 7 nitrogen and oxygen atoms in total. The van der Waals surface area contributed by atoms with Crippen LogP contribution in [-0.2, 0) is 6.54 Å². The van der Waals surface area contributed by atoms with Crippen molar-refractivity contribution in [1.82, 2.24) is 20.4 Å². The summed E-state index contributed by atoms with van der Waals surface area (Å²) in [5.41, 5.74) is 0.885. The molecule has 0 bridgehead atoms. The van der Waals surface area contributed by atoms with Gasteiger partial charge in [0, 0.05) is 39.3 Å². The summed E-state index contributed by atoms with van der Waals surface area (Å²) in [5, 5.41) is 6.29. The molecular weight excluding hydrogens is 380 g/mol. The number of hydrogen-bond donors (Lipinski definition) is 2. The number of hydrogen-bond acceptors (Lipinski definition) is 5. The van der Waals surface area contributed by atoms with Gasteiger partial charge in [-0.25, -0.2) is 4.79 Å². The topological polar surface area (TPSA) is 66.1 Å². The van der Waals surface area contributed by atoms with E-state index in [1.807, 2.05) is 6.07 Å². The summed E-state index contributed by atoms with van der Waals surface area (Å²) in [5.74, 6) is 1.22. The second-order valence-corrected chi connectivity index (χ2v) is 7.60. The SMILES string of the molecule is CCN1CCN(CCCCNC(=O)NCc2cc(Cl)c3c(c2)OCCO3)CC1. The van der Waals surface area contributed by atoms with Crippen LogP contribution in [0.4, 0.5) is 4.79 Å². The molecule has 2 amide bonds. The van der Waals surface area contributed by atoms with Crippen LogP contribution >= 0.6 is 11.6 Å². The Morgan fingerprint density at radius 1 is 1.07 bits per heavy atom. The third-order valence-electron chi connectivity index (χ3n) is 5.21. The van der Waals surface area contributed by atoms with Crippen LogP contribution in [0.1, 0.15) is 25.3 Å². The molecule has 0 unspecified atom stereocenters. The Balaban J connectivity index is 1.28. The summed E-state index contributed by atoms with van der Waals surface area (Å²) >= 11 is 6.22. The molecule has 3 rings (SSSR count). The highest BCUT2D eigenvalue weighted by atomic mass is 35.5. The first-order valence-electron chi connectivity index (χ1n) is 10.2. The van der Waals surface area contributed by atoms with E-state index >= 15 is 0 Å².